The van der Waals surface area contributed by atoms with Crippen LogP contribution in [-0.4, -0.2) is 35.5 Å². The number of fused-ring (bicyclic) bond motifs is 1. The number of methoxy groups -OCH3 is 1. The molecule has 9 heteroatoms. The summed E-state index contributed by atoms with van der Waals surface area (Å²) in [6, 6.07) is 11.4. The highest BCUT2D eigenvalue weighted by Gasteiger charge is 2.21. The molecule has 3 aromatic rings. The molecule has 1 amide bonds. The van der Waals surface area contributed by atoms with Gasteiger partial charge in [-0.3, -0.25) is 19.9 Å². The summed E-state index contributed by atoms with van der Waals surface area (Å²) >= 11 is 0. The molecular formula is C21H19N3O6. The van der Waals surface area contributed by atoms with E-state index < -0.39 is 23.4 Å². The van der Waals surface area contributed by atoms with Crippen molar-refractivity contribution in [2.45, 2.75) is 13.8 Å². The Kier molecular flexibility index (Phi) is 5.91. The van der Waals surface area contributed by atoms with E-state index in [-0.39, 0.29) is 22.7 Å². The quantitative estimate of drug-likeness (QED) is 0.375. The number of amides is 1. The fourth-order valence-corrected chi connectivity index (χ4v) is 3.12. The topological polar surface area (TPSA) is 121 Å². The molecule has 0 aliphatic rings. The summed E-state index contributed by atoms with van der Waals surface area (Å²) in [6.07, 6.45) is 0. The second-order valence-corrected chi connectivity index (χ2v) is 6.48. The monoisotopic (exact) mass is 409 g/mol. The standard InChI is InChI=1S/C21H19N3O6/c1-12-15-6-4-5-7-16(15)22-13(2)20(12)21(26)30-11-19(25)23-17-9-8-14(29-3)10-18(17)24(27)28/h4-10H,11H2,1-3H3,(H,23,25). The minimum Gasteiger partial charge on any atom is -0.496 e. The SMILES string of the molecule is COc1ccc(NC(=O)COC(=O)c2c(C)nc3ccccc3c2C)c([N+](=O)[O-])c1. The fourth-order valence-electron chi connectivity index (χ4n) is 3.12. The van der Waals surface area contributed by atoms with Crippen molar-refractivity contribution in [3.8, 4) is 5.75 Å². The van der Waals surface area contributed by atoms with Gasteiger partial charge in [-0.2, -0.15) is 0 Å². The van der Waals surface area contributed by atoms with E-state index in [0.29, 0.717) is 11.3 Å². The Morgan fingerprint density at radius 3 is 2.60 bits per heavy atom. The van der Waals surface area contributed by atoms with E-state index in [4.69, 9.17) is 9.47 Å². The predicted molar refractivity (Wildman–Crippen MR) is 110 cm³/mol. The molecule has 0 unspecified atom stereocenters. The highest BCUT2D eigenvalue weighted by Crippen LogP contribution is 2.29. The van der Waals surface area contributed by atoms with Crippen LogP contribution in [0.2, 0.25) is 0 Å². The van der Waals surface area contributed by atoms with Gasteiger partial charge >= 0.3 is 5.97 Å². The lowest BCUT2D eigenvalue weighted by atomic mass is 10.0. The number of para-hydroxylation sites is 1. The lowest BCUT2D eigenvalue weighted by Gasteiger charge is -2.12. The number of aryl methyl sites for hydroxylation is 2. The van der Waals surface area contributed by atoms with Crippen molar-refractivity contribution in [2.75, 3.05) is 19.0 Å². The van der Waals surface area contributed by atoms with E-state index in [1.807, 2.05) is 24.3 Å². The van der Waals surface area contributed by atoms with Crippen LogP contribution in [0.3, 0.4) is 0 Å². The zero-order valence-corrected chi connectivity index (χ0v) is 16.6. The summed E-state index contributed by atoms with van der Waals surface area (Å²) in [5, 5.41) is 14.4. The number of hydrogen-bond donors (Lipinski definition) is 1. The molecule has 1 aromatic heterocycles. The van der Waals surface area contributed by atoms with Crippen molar-refractivity contribution in [1.29, 1.82) is 0 Å². The molecule has 154 valence electrons. The molecule has 0 aliphatic heterocycles. The largest absolute Gasteiger partial charge is 0.496 e. The lowest BCUT2D eigenvalue weighted by Crippen LogP contribution is -2.22. The number of rotatable bonds is 6. The number of carbonyl (C=O) groups excluding carboxylic acids is 2. The van der Waals surface area contributed by atoms with Gasteiger partial charge in [-0.05, 0) is 37.6 Å². The van der Waals surface area contributed by atoms with Crippen molar-refractivity contribution in [2.24, 2.45) is 0 Å². The summed E-state index contributed by atoms with van der Waals surface area (Å²) < 4.78 is 10.1. The molecule has 0 bridgehead atoms. The smallest absolute Gasteiger partial charge is 0.340 e. The number of ether oxygens (including phenoxy) is 2. The van der Waals surface area contributed by atoms with Gasteiger partial charge in [0.1, 0.15) is 11.4 Å². The summed E-state index contributed by atoms with van der Waals surface area (Å²) in [5.41, 5.74) is 1.88. The minimum atomic E-state index is -0.708. The highest BCUT2D eigenvalue weighted by molar-refractivity contribution is 6.00. The average Bonchev–Trinajstić information content (AvgIpc) is 2.72. The van der Waals surface area contributed by atoms with E-state index in [0.717, 1.165) is 10.9 Å². The maximum Gasteiger partial charge on any atom is 0.340 e. The van der Waals surface area contributed by atoms with Crippen LogP contribution in [0.1, 0.15) is 21.6 Å². The van der Waals surface area contributed by atoms with Gasteiger partial charge < -0.3 is 14.8 Å². The second-order valence-electron chi connectivity index (χ2n) is 6.48. The van der Waals surface area contributed by atoms with Gasteiger partial charge in [0, 0.05) is 5.39 Å². The number of aromatic nitrogens is 1. The van der Waals surface area contributed by atoms with Gasteiger partial charge in [0.05, 0.1) is 34.9 Å². The normalized spacial score (nSPS) is 10.5. The Balaban J connectivity index is 1.74. The molecule has 1 heterocycles. The Hall–Kier alpha value is -4.01. The molecule has 0 spiro atoms. The van der Waals surface area contributed by atoms with Crippen LogP contribution < -0.4 is 10.1 Å². The van der Waals surface area contributed by atoms with Gasteiger partial charge in [0.2, 0.25) is 0 Å². The number of hydrogen-bond acceptors (Lipinski definition) is 7. The van der Waals surface area contributed by atoms with E-state index in [2.05, 4.69) is 10.3 Å². The van der Waals surface area contributed by atoms with Crippen LogP contribution >= 0.6 is 0 Å². The number of nitrogens with one attached hydrogen (secondary N) is 1. The molecule has 0 atom stereocenters. The van der Waals surface area contributed by atoms with Crippen molar-refractivity contribution in [3.05, 3.63) is 69.4 Å². The summed E-state index contributed by atoms with van der Waals surface area (Å²) in [6.45, 7) is 2.87. The first-order chi connectivity index (χ1) is 14.3. The summed E-state index contributed by atoms with van der Waals surface area (Å²) in [5.74, 6) is -1.12. The average molecular weight is 409 g/mol. The zero-order valence-electron chi connectivity index (χ0n) is 16.6. The Morgan fingerprint density at radius 2 is 1.90 bits per heavy atom. The molecular weight excluding hydrogens is 390 g/mol. The maximum atomic E-state index is 12.6. The molecule has 0 fully saturated rings. The van der Waals surface area contributed by atoms with Gasteiger partial charge in [0.25, 0.3) is 11.6 Å². The molecule has 2 aromatic carbocycles. The molecule has 1 N–H and O–H groups in total. The van der Waals surface area contributed by atoms with Crippen molar-refractivity contribution < 1.29 is 24.0 Å². The van der Waals surface area contributed by atoms with Crippen molar-refractivity contribution in [1.82, 2.24) is 4.98 Å². The van der Waals surface area contributed by atoms with Crippen LogP contribution in [0.4, 0.5) is 11.4 Å². The third-order valence-electron chi connectivity index (χ3n) is 4.55. The van der Waals surface area contributed by atoms with Crippen LogP contribution in [0.5, 0.6) is 5.75 Å². The number of esters is 1. The van der Waals surface area contributed by atoms with E-state index in [1.54, 1.807) is 13.8 Å². The molecule has 0 saturated carbocycles. The number of anilines is 1. The molecule has 0 saturated heterocycles. The third-order valence-corrected chi connectivity index (χ3v) is 4.55. The summed E-state index contributed by atoms with van der Waals surface area (Å²) in [7, 11) is 1.38. The first-order valence-corrected chi connectivity index (χ1v) is 8.97. The summed E-state index contributed by atoms with van der Waals surface area (Å²) in [4.78, 5) is 39.8. The van der Waals surface area contributed by atoms with Crippen molar-refractivity contribution in [3.63, 3.8) is 0 Å². The van der Waals surface area contributed by atoms with E-state index in [9.17, 15) is 19.7 Å². The van der Waals surface area contributed by atoms with E-state index in [1.165, 1.54) is 25.3 Å². The maximum absolute atomic E-state index is 12.6. The van der Waals surface area contributed by atoms with Crippen LogP contribution in [0.15, 0.2) is 42.5 Å². The first kappa shape index (κ1) is 20.7. The molecule has 30 heavy (non-hydrogen) atoms. The second kappa shape index (κ2) is 8.56. The van der Waals surface area contributed by atoms with Gasteiger partial charge in [0.15, 0.2) is 6.61 Å². The van der Waals surface area contributed by atoms with E-state index >= 15 is 0 Å². The van der Waals surface area contributed by atoms with Crippen molar-refractivity contribution >= 4 is 34.2 Å². The van der Waals surface area contributed by atoms with Crippen LogP contribution in [0, 0.1) is 24.0 Å². The Bertz CT molecular complexity index is 1160. The van der Waals surface area contributed by atoms with Gasteiger partial charge in [-0.25, -0.2) is 4.79 Å². The number of carbonyl (C=O) groups is 2. The Labute approximate surface area is 171 Å². The highest BCUT2D eigenvalue weighted by atomic mass is 16.6. The van der Waals surface area contributed by atoms with Crippen LogP contribution in [0.25, 0.3) is 10.9 Å². The molecule has 0 radical (unpaired) electrons. The van der Waals surface area contributed by atoms with Crippen LogP contribution in [-0.2, 0) is 9.53 Å². The lowest BCUT2D eigenvalue weighted by molar-refractivity contribution is -0.384. The van der Waals surface area contributed by atoms with Gasteiger partial charge in [-0.15, -0.1) is 0 Å². The minimum absolute atomic E-state index is 0.0263. The number of pyridine rings is 1. The third kappa shape index (κ3) is 4.19. The zero-order chi connectivity index (χ0) is 21.8. The fraction of sp³-hybridized carbons (Fsp3) is 0.190. The number of nitro benzene ring substituents is 1. The Morgan fingerprint density at radius 1 is 1.17 bits per heavy atom. The molecule has 3 rings (SSSR count). The molecule has 0 aliphatic carbocycles. The number of nitro groups is 1. The molecule has 9 nitrogen and oxygen atoms in total. The first-order valence-electron chi connectivity index (χ1n) is 8.97. The predicted octanol–water partition coefficient (Wildman–Crippen LogP) is 3.56. The van der Waals surface area contributed by atoms with Gasteiger partial charge in [-0.1, -0.05) is 18.2 Å². The number of benzene rings is 2. The number of nitrogens with zero attached hydrogens (tertiary/aromatic N) is 2.